The van der Waals surface area contributed by atoms with E-state index in [-0.39, 0.29) is 11.3 Å². The molecule has 1 aromatic rings. The molecule has 1 atom stereocenters. The Bertz CT molecular complexity index is 450. The molecule has 1 aromatic carbocycles. The molecule has 0 fully saturated rings. The fourth-order valence-electron chi connectivity index (χ4n) is 1.54. The molecule has 20 heavy (non-hydrogen) atoms. The van der Waals surface area contributed by atoms with Gasteiger partial charge in [0.1, 0.15) is 5.75 Å². The van der Waals surface area contributed by atoms with Gasteiger partial charge in [-0.15, -0.1) is 0 Å². The Morgan fingerprint density at radius 3 is 2.55 bits per heavy atom. The van der Waals surface area contributed by atoms with E-state index in [0.29, 0.717) is 18.2 Å². The lowest BCUT2D eigenvalue weighted by Gasteiger charge is -2.25. The first kappa shape index (κ1) is 16.5. The van der Waals surface area contributed by atoms with Crippen LogP contribution in [-0.4, -0.2) is 18.6 Å². The number of carbonyl (C=O) groups excluding carboxylic acids is 1. The van der Waals surface area contributed by atoms with Crippen LogP contribution in [0.4, 0.5) is 5.69 Å². The molecular weight excluding hydrogens is 252 g/mol. The smallest absolute Gasteiger partial charge is 0.241 e. The summed E-state index contributed by atoms with van der Waals surface area (Å²) in [6, 6.07) is 6.82. The van der Waals surface area contributed by atoms with Crippen LogP contribution in [-0.2, 0) is 4.79 Å². The molecule has 1 amide bonds. The first-order valence-electron chi connectivity index (χ1n) is 6.99. The molecule has 0 aliphatic heterocycles. The molecule has 0 saturated carbocycles. The highest BCUT2D eigenvalue weighted by Gasteiger charge is 2.27. The van der Waals surface area contributed by atoms with E-state index in [0.717, 1.165) is 5.75 Å². The van der Waals surface area contributed by atoms with Crippen molar-refractivity contribution in [1.29, 1.82) is 0 Å². The maximum atomic E-state index is 12.1. The van der Waals surface area contributed by atoms with Gasteiger partial charge in [-0.05, 0) is 23.5 Å². The fourth-order valence-corrected chi connectivity index (χ4v) is 1.54. The number of hydrogen-bond acceptors (Lipinski definition) is 3. The molecule has 0 heterocycles. The number of amides is 1. The third-order valence-electron chi connectivity index (χ3n) is 2.90. The zero-order valence-corrected chi connectivity index (χ0v) is 13.1. The highest BCUT2D eigenvalue weighted by atomic mass is 16.5. The molecule has 4 nitrogen and oxygen atoms in total. The van der Waals surface area contributed by atoms with Gasteiger partial charge in [-0.2, -0.15) is 0 Å². The van der Waals surface area contributed by atoms with Crippen molar-refractivity contribution in [2.45, 2.75) is 40.7 Å². The average Bonchev–Trinajstić information content (AvgIpc) is 2.34. The van der Waals surface area contributed by atoms with Gasteiger partial charge in [-0.25, -0.2) is 0 Å². The molecule has 0 bridgehead atoms. The Morgan fingerprint density at radius 1 is 1.35 bits per heavy atom. The molecule has 0 saturated heterocycles. The summed E-state index contributed by atoms with van der Waals surface area (Å²) in [6.45, 7) is 10.7. The first-order valence-corrected chi connectivity index (χ1v) is 6.99. The third kappa shape index (κ3) is 5.21. The molecular formula is C16H26N2O2. The summed E-state index contributed by atoms with van der Waals surface area (Å²) in [4.78, 5) is 12.1. The van der Waals surface area contributed by atoms with E-state index in [4.69, 9.17) is 10.5 Å². The largest absolute Gasteiger partial charge is 0.493 e. The van der Waals surface area contributed by atoms with Crippen LogP contribution in [0.3, 0.4) is 0 Å². The Kier molecular flexibility index (Phi) is 5.57. The van der Waals surface area contributed by atoms with Gasteiger partial charge in [0.2, 0.25) is 5.91 Å². The molecule has 3 N–H and O–H groups in total. The molecule has 0 aliphatic rings. The number of benzene rings is 1. The van der Waals surface area contributed by atoms with Gasteiger partial charge in [0.15, 0.2) is 0 Å². The summed E-state index contributed by atoms with van der Waals surface area (Å²) in [7, 11) is 0. The average molecular weight is 278 g/mol. The van der Waals surface area contributed by atoms with Gasteiger partial charge in [0.05, 0.1) is 12.6 Å². The van der Waals surface area contributed by atoms with Crippen LogP contribution in [0.2, 0.25) is 0 Å². The Hall–Kier alpha value is -1.55. The topological polar surface area (TPSA) is 64.3 Å². The number of rotatable bonds is 5. The van der Waals surface area contributed by atoms with Crippen LogP contribution in [0, 0.1) is 11.3 Å². The molecule has 0 aliphatic carbocycles. The predicted octanol–water partition coefficient (Wildman–Crippen LogP) is 3.03. The first-order chi connectivity index (χ1) is 9.20. The summed E-state index contributed by atoms with van der Waals surface area (Å²) in [6.07, 6.45) is 0. The molecule has 1 rings (SSSR count). The summed E-state index contributed by atoms with van der Waals surface area (Å²) in [5, 5.41) is 2.83. The van der Waals surface area contributed by atoms with Crippen LogP contribution in [0.1, 0.15) is 34.6 Å². The third-order valence-corrected chi connectivity index (χ3v) is 2.90. The van der Waals surface area contributed by atoms with Crippen molar-refractivity contribution in [3.8, 4) is 5.75 Å². The van der Waals surface area contributed by atoms with Crippen LogP contribution in [0.25, 0.3) is 0 Å². The standard InChI is InChI=1S/C16H26N2O2/c1-11(2)10-20-13-8-6-7-12(9-13)18-15(19)14(17)16(3,4)5/h6-9,11,14H,10,17H2,1-5H3,(H,18,19)/t14-/m0/s1. The van der Waals surface area contributed by atoms with Crippen LogP contribution in [0.15, 0.2) is 24.3 Å². The normalized spacial score (nSPS) is 13.2. The minimum absolute atomic E-state index is 0.182. The van der Waals surface area contributed by atoms with Gasteiger partial charge >= 0.3 is 0 Å². The number of nitrogens with one attached hydrogen (secondary N) is 1. The second-order valence-corrected chi connectivity index (χ2v) is 6.57. The van der Waals surface area contributed by atoms with Crippen molar-refractivity contribution in [3.63, 3.8) is 0 Å². The van der Waals surface area contributed by atoms with Crippen molar-refractivity contribution in [3.05, 3.63) is 24.3 Å². The van der Waals surface area contributed by atoms with E-state index in [9.17, 15) is 4.79 Å². The van der Waals surface area contributed by atoms with E-state index in [1.54, 1.807) is 0 Å². The molecule has 4 heteroatoms. The Balaban J connectivity index is 2.69. The van der Waals surface area contributed by atoms with E-state index in [1.807, 2.05) is 45.0 Å². The zero-order chi connectivity index (χ0) is 15.3. The van der Waals surface area contributed by atoms with Crippen LogP contribution < -0.4 is 15.8 Å². The zero-order valence-electron chi connectivity index (χ0n) is 13.1. The second-order valence-electron chi connectivity index (χ2n) is 6.57. The quantitative estimate of drug-likeness (QED) is 0.870. The molecule has 112 valence electrons. The maximum Gasteiger partial charge on any atom is 0.241 e. The molecule has 0 spiro atoms. The van der Waals surface area contributed by atoms with Gasteiger partial charge in [0.25, 0.3) is 0 Å². The number of carbonyl (C=O) groups is 1. The highest BCUT2D eigenvalue weighted by Crippen LogP contribution is 2.21. The minimum atomic E-state index is -0.553. The summed E-state index contributed by atoms with van der Waals surface area (Å²) < 4.78 is 5.63. The van der Waals surface area contributed by atoms with Crippen molar-refractivity contribution in [2.75, 3.05) is 11.9 Å². The van der Waals surface area contributed by atoms with Crippen LogP contribution >= 0.6 is 0 Å². The lowest BCUT2D eigenvalue weighted by molar-refractivity contribution is -0.119. The van der Waals surface area contributed by atoms with Crippen molar-refractivity contribution < 1.29 is 9.53 Å². The lowest BCUT2D eigenvalue weighted by Crippen LogP contribution is -2.45. The minimum Gasteiger partial charge on any atom is -0.493 e. The Labute approximate surface area is 121 Å². The van der Waals surface area contributed by atoms with Crippen molar-refractivity contribution >= 4 is 11.6 Å². The number of anilines is 1. The summed E-state index contributed by atoms with van der Waals surface area (Å²) >= 11 is 0. The van der Waals surface area contributed by atoms with E-state index in [2.05, 4.69) is 19.2 Å². The molecule has 0 radical (unpaired) electrons. The molecule has 0 unspecified atom stereocenters. The Morgan fingerprint density at radius 2 is 2.00 bits per heavy atom. The van der Waals surface area contributed by atoms with Gasteiger partial charge in [-0.3, -0.25) is 4.79 Å². The van der Waals surface area contributed by atoms with Gasteiger partial charge < -0.3 is 15.8 Å². The van der Waals surface area contributed by atoms with Crippen molar-refractivity contribution in [1.82, 2.24) is 0 Å². The predicted molar refractivity (Wildman–Crippen MR) is 82.8 cm³/mol. The van der Waals surface area contributed by atoms with E-state index in [1.165, 1.54) is 0 Å². The van der Waals surface area contributed by atoms with Gasteiger partial charge in [-0.1, -0.05) is 40.7 Å². The summed E-state index contributed by atoms with van der Waals surface area (Å²) in [5.74, 6) is 1.03. The lowest BCUT2D eigenvalue weighted by atomic mass is 9.87. The van der Waals surface area contributed by atoms with E-state index < -0.39 is 6.04 Å². The monoisotopic (exact) mass is 278 g/mol. The second kappa shape index (κ2) is 6.75. The van der Waals surface area contributed by atoms with Gasteiger partial charge in [0, 0.05) is 11.8 Å². The van der Waals surface area contributed by atoms with E-state index >= 15 is 0 Å². The number of hydrogen-bond donors (Lipinski definition) is 2. The number of nitrogens with two attached hydrogens (primary N) is 1. The SMILES string of the molecule is CC(C)COc1cccc(NC(=O)[C@H](N)C(C)(C)C)c1. The summed E-state index contributed by atoms with van der Waals surface area (Å²) in [5.41, 5.74) is 6.37. The maximum absolute atomic E-state index is 12.1. The molecule has 0 aromatic heterocycles. The fraction of sp³-hybridized carbons (Fsp3) is 0.562. The highest BCUT2D eigenvalue weighted by molar-refractivity contribution is 5.95. The van der Waals surface area contributed by atoms with Crippen molar-refractivity contribution in [2.24, 2.45) is 17.1 Å². The van der Waals surface area contributed by atoms with Crippen LogP contribution in [0.5, 0.6) is 5.75 Å². The number of ether oxygens (including phenoxy) is 1.